The summed E-state index contributed by atoms with van der Waals surface area (Å²) >= 11 is 3.45. The second kappa shape index (κ2) is 7.48. The van der Waals surface area contributed by atoms with E-state index in [1.54, 1.807) is 25.1 Å². The van der Waals surface area contributed by atoms with E-state index in [4.69, 9.17) is 4.74 Å². The van der Waals surface area contributed by atoms with Crippen LogP contribution in [0, 0.1) is 6.92 Å². The fourth-order valence-corrected chi connectivity index (χ4v) is 4.32. The predicted molar refractivity (Wildman–Crippen MR) is 103 cm³/mol. The average molecular weight is 424 g/mol. The van der Waals surface area contributed by atoms with Gasteiger partial charge in [-0.2, -0.15) is 0 Å². The summed E-state index contributed by atoms with van der Waals surface area (Å²) in [6.07, 6.45) is 1.25. The summed E-state index contributed by atoms with van der Waals surface area (Å²) in [5.74, 6) is 1.55. The number of nitrogens with zero attached hydrogens (tertiary/aromatic N) is 1. The first-order valence-corrected chi connectivity index (χ1v) is 10.9. The molecule has 0 saturated carbocycles. The highest BCUT2D eigenvalue weighted by Gasteiger charge is 2.19. The highest BCUT2D eigenvalue weighted by Crippen LogP contribution is 2.36. The molecular weight excluding hydrogens is 402 g/mol. The van der Waals surface area contributed by atoms with Gasteiger partial charge in [0.2, 0.25) is 0 Å². The molecule has 1 saturated heterocycles. The van der Waals surface area contributed by atoms with Crippen molar-refractivity contribution in [2.75, 3.05) is 18.8 Å². The molecule has 0 radical (unpaired) electrons. The Labute approximate surface area is 157 Å². The van der Waals surface area contributed by atoms with Crippen LogP contribution < -0.4 is 4.74 Å². The van der Waals surface area contributed by atoms with Crippen molar-refractivity contribution in [3.05, 3.63) is 52.0 Å². The third-order valence-electron chi connectivity index (χ3n) is 4.49. The quantitative estimate of drug-likeness (QED) is 0.683. The molecule has 134 valence electrons. The lowest BCUT2D eigenvalue weighted by molar-refractivity contribution is 0.171. The van der Waals surface area contributed by atoms with Gasteiger partial charge in [0, 0.05) is 12.1 Å². The van der Waals surface area contributed by atoms with E-state index in [1.807, 2.05) is 19.1 Å². The third-order valence-corrected chi connectivity index (χ3v) is 6.84. The number of para-hydroxylation sites is 1. The van der Waals surface area contributed by atoms with Crippen LogP contribution in [0.2, 0.25) is 0 Å². The van der Waals surface area contributed by atoms with Crippen molar-refractivity contribution in [2.24, 2.45) is 0 Å². The normalized spacial score (nSPS) is 15.0. The fourth-order valence-electron chi connectivity index (χ4n) is 2.80. The Morgan fingerprint density at radius 3 is 2.56 bits per heavy atom. The number of benzene rings is 2. The summed E-state index contributed by atoms with van der Waals surface area (Å²) in [5.41, 5.74) is 2.21. The maximum atomic E-state index is 12.0. The molecular formula is C19H22BrNO3S. The Balaban J connectivity index is 1.89. The smallest absolute Gasteiger partial charge is 0.178 e. The summed E-state index contributed by atoms with van der Waals surface area (Å²) in [5, 5.41) is 0. The Bertz CT molecular complexity index is 876. The number of ether oxygens (including phenoxy) is 1. The molecule has 6 heteroatoms. The molecule has 0 amide bonds. The molecule has 1 aliphatic heterocycles. The average Bonchev–Trinajstić information content (AvgIpc) is 2.55. The van der Waals surface area contributed by atoms with E-state index in [9.17, 15) is 8.42 Å². The van der Waals surface area contributed by atoms with Gasteiger partial charge in [0.1, 0.15) is 11.5 Å². The topological polar surface area (TPSA) is 46.6 Å². The van der Waals surface area contributed by atoms with Crippen LogP contribution in [-0.4, -0.2) is 32.2 Å². The summed E-state index contributed by atoms with van der Waals surface area (Å²) in [7, 11) is -3.23. The zero-order valence-corrected chi connectivity index (χ0v) is 16.9. The summed E-state index contributed by atoms with van der Waals surface area (Å²) in [6, 6.07) is 11.1. The molecule has 0 atom stereocenters. The van der Waals surface area contributed by atoms with Crippen LogP contribution in [0.4, 0.5) is 0 Å². The fraction of sp³-hybridized carbons (Fsp3) is 0.368. The van der Waals surface area contributed by atoms with Gasteiger partial charge in [-0.05, 0) is 66.1 Å². The van der Waals surface area contributed by atoms with Crippen molar-refractivity contribution in [2.45, 2.75) is 31.7 Å². The Morgan fingerprint density at radius 2 is 1.96 bits per heavy atom. The van der Waals surface area contributed by atoms with Gasteiger partial charge in [-0.15, -0.1) is 0 Å². The van der Waals surface area contributed by atoms with Crippen LogP contribution in [-0.2, 0) is 16.4 Å². The number of aryl methyl sites for hydroxylation is 1. The lowest BCUT2D eigenvalue weighted by Crippen LogP contribution is -2.36. The molecule has 0 aromatic heterocycles. The van der Waals surface area contributed by atoms with Crippen molar-refractivity contribution in [1.82, 2.24) is 4.90 Å². The molecule has 2 aromatic carbocycles. The minimum atomic E-state index is -3.23. The maximum Gasteiger partial charge on any atom is 0.178 e. The number of sulfone groups is 1. The minimum absolute atomic E-state index is 0.0808. The van der Waals surface area contributed by atoms with E-state index in [1.165, 1.54) is 6.42 Å². The lowest BCUT2D eigenvalue weighted by atomic mass is 10.1. The van der Waals surface area contributed by atoms with Crippen molar-refractivity contribution in [3.63, 3.8) is 0 Å². The highest BCUT2D eigenvalue weighted by atomic mass is 79.9. The van der Waals surface area contributed by atoms with Gasteiger partial charge in [0.25, 0.3) is 0 Å². The van der Waals surface area contributed by atoms with Crippen LogP contribution in [0.1, 0.15) is 24.5 Å². The Morgan fingerprint density at radius 1 is 1.20 bits per heavy atom. The van der Waals surface area contributed by atoms with E-state index in [0.717, 1.165) is 36.5 Å². The maximum absolute atomic E-state index is 12.0. The molecule has 4 nitrogen and oxygen atoms in total. The van der Waals surface area contributed by atoms with Gasteiger partial charge in [-0.3, -0.25) is 4.90 Å². The van der Waals surface area contributed by atoms with Crippen LogP contribution in [0.3, 0.4) is 0 Å². The molecule has 0 unspecified atom stereocenters. The molecule has 0 spiro atoms. The summed E-state index contributed by atoms with van der Waals surface area (Å²) in [4.78, 5) is 2.69. The van der Waals surface area contributed by atoms with Crippen LogP contribution >= 0.6 is 15.9 Å². The van der Waals surface area contributed by atoms with Gasteiger partial charge in [0.05, 0.1) is 15.1 Å². The van der Waals surface area contributed by atoms with Crippen LogP contribution in [0.25, 0.3) is 0 Å². The van der Waals surface area contributed by atoms with E-state index in [-0.39, 0.29) is 5.75 Å². The van der Waals surface area contributed by atoms with E-state index in [2.05, 4.69) is 26.9 Å². The van der Waals surface area contributed by atoms with E-state index < -0.39 is 9.84 Å². The Kier molecular flexibility index (Phi) is 5.51. The number of halogens is 1. The summed E-state index contributed by atoms with van der Waals surface area (Å²) < 4.78 is 30.9. The summed E-state index contributed by atoms with van der Waals surface area (Å²) in [6.45, 7) is 6.79. The van der Waals surface area contributed by atoms with Crippen molar-refractivity contribution in [3.8, 4) is 11.5 Å². The van der Waals surface area contributed by atoms with Crippen LogP contribution in [0.15, 0.2) is 45.8 Å². The van der Waals surface area contributed by atoms with Gasteiger partial charge in [0.15, 0.2) is 9.84 Å². The largest absolute Gasteiger partial charge is 0.456 e. The molecule has 1 fully saturated rings. The SMILES string of the molecule is CCS(=O)(=O)c1ccc(Oc2c(C)cccc2CN2CCC2)c(Br)c1. The zero-order valence-electron chi connectivity index (χ0n) is 14.5. The molecule has 3 rings (SSSR count). The molecule has 0 bridgehead atoms. The van der Waals surface area contributed by atoms with Crippen molar-refractivity contribution >= 4 is 25.8 Å². The standard InChI is InChI=1S/C19H22BrNO3S/c1-3-25(22,23)16-8-9-18(17(20)12-16)24-19-14(2)6-4-7-15(19)13-21-10-5-11-21/h4,6-9,12H,3,5,10-11,13H2,1-2H3. The molecule has 25 heavy (non-hydrogen) atoms. The molecule has 0 N–H and O–H groups in total. The first-order chi connectivity index (χ1) is 11.9. The van der Waals surface area contributed by atoms with E-state index >= 15 is 0 Å². The molecule has 1 aliphatic rings. The van der Waals surface area contributed by atoms with E-state index in [0.29, 0.717) is 15.1 Å². The van der Waals surface area contributed by atoms with Gasteiger partial charge in [-0.1, -0.05) is 25.1 Å². The zero-order chi connectivity index (χ0) is 18.0. The van der Waals surface area contributed by atoms with Gasteiger partial charge < -0.3 is 4.74 Å². The first kappa shape index (κ1) is 18.4. The van der Waals surface area contributed by atoms with Crippen molar-refractivity contribution < 1.29 is 13.2 Å². The molecule has 1 heterocycles. The highest BCUT2D eigenvalue weighted by molar-refractivity contribution is 9.10. The monoisotopic (exact) mass is 423 g/mol. The number of likely N-dealkylation sites (tertiary alicyclic amines) is 1. The first-order valence-electron chi connectivity index (χ1n) is 8.41. The van der Waals surface area contributed by atoms with Gasteiger partial charge >= 0.3 is 0 Å². The second-order valence-corrected chi connectivity index (χ2v) is 9.42. The predicted octanol–water partition coefficient (Wildman–Crippen LogP) is 4.55. The van der Waals surface area contributed by atoms with Gasteiger partial charge in [-0.25, -0.2) is 8.42 Å². The number of hydrogen-bond acceptors (Lipinski definition) is 4. The number of hydrogen-bond donors (Lipinski definition) is 0. The van der Waals surface area contributed by atoms with Crippen molar-refractivity contribution in [1.29, 1.82) is 0 Å². The Hall–Kier alpha value is -1.37. The van der Waals surface area contributed by atoms with Crippen LogP contribution in [0.5, 0.6) is 11.5 Å². The minimum Gasteiger partial charge on any atom is -0.456 e. The third kappa shape index (κ3) is 4.07. The second-order valence-electron chi connectivity index (χ2n) is 6.29. The molecule has 2 aromatic rings. The lowest BCUT2D eigenvalue weighted by Gasteiger charge is -2.31. The number of rotatable bonds is 6. The molecule has 0 aliphatic carbocycles.